The molecule has 0 spiro atoms. The molecular weight excluding hydrogens is 344 g/mol. The lowest BCUT2D eigenvalue weighted by Gasteiger charge is -2.25. The standard InChI is InChI=1S/C17H24N2O5S/c1-2-24-17(22)14-11-4-3-5-12(20)15(11)25-16(14)18-13(21)10-19-6-8-23-9-7-19/h12,20H,2-10H2,1H3,(H,18,21)/t12-/m1/s1. The number of nitrogens with one attached hydrogen (secondary N) is 1. The van der Waals surface area contributed by atoms with Crippen LogP contribution in [0, 0.1) is 0 Å². The van der Waals surface area contributed by atoms with Crippen LogP contribution in [0.15, 0.2) is 0 Å². The van der Waals surface area contributed by atoms with E-state index in [1.165, 1.54) is 11.3 Å². The molecule has 25 heavy (non-hydrogen) atoms. The highest BCUT2D eigenvalue weighted by Crippen LogP contribution is 2.42. The normalized spacial score (nSPS) is 20.8. The Morgan fingerprint density at radius 2 is 2.16 bits per heavy atom. The van der Waals surface area contributed by atoms with Gasteiger partial charge in [-0.2, -0.15) is 0 Å². The third-order valence-corrected chi connectivity index (χ3v) is 5.70. The molecule has 1 aliphatic carbocycles. The summed E-state index contributed by atoms with van der Waals surface area (Å²) < 4.78 is 10.5. The van der Waals surface area contributed by atoms with Crippen LogP contribution < -0.4 is 5.32 Å². The maximum Gasteiger partial charge on any atom is 0.341 e. The number of amides is 1. The summed E-state index contributed by atoms with van der Waals surface area (Å²) in [6, 6.07) is 0. The van der Waals surface area contributed by atoms with Gasteiger partial charge in [-0.1, -0.05) is 0 Å². The van der Waals surface area contributed by atoms with Crippen molar-refractivity contribution in [1.29, 1.82) is 0 Å². The van der Waals surface area contributed by atoms with Gasteiger partial charge in [-0.05, 0) is 31.7 Å². The molecule has 1 aromatic rings. The fraction of sp³-hybridized carbons (Fsp3) is 0.647. The summed E-state index contributed by atoms with van der Waals surface area (Å²) >= 11 is 1.29. The molecule has 2 aliphatic rings. The van der Waals surface area contributed by atoms with Gasteiger partial charge in [0.2, 0.25) is 5.91 Å². The number of carbonyl (C=O) groups is 2. The second-order valence-electron chi connectivity index (χ2n) is 6.21. The minimum absolute atomic E-state index is 0.166. The first kappa shape index (κ1) is 18.3. The van der Waals surface area contributed by atoms with Crippen LogP contribution >= 0.6 is 11.3 Å². The van der Waals surface area contributed by atoms with Crippen LogP contribution in [0.2, 0.25) is 0 Å². The van der Waals surface area contributed by atoms with Crippen LogP contribution in [0.4, 0.5) is 5.00 Å². The quantitative estimate of drug-likeness (QED) is 0.767. The summed E-state index contributed by atoms with van der Waals surface area (Å²) in [7, 11) is 0. The number of nitrogens with zero attached hydrogens (tertiary/aromatic N) is 1. The number of ether oxygens (including phenoxy) is 2. The largest absolute Gasteiger partial charge is 0.462 e. The zero-order valence-corrected chi connectivity index (χ0v) is 15.2. The second kappa shape index (κ2) is 8.27. The van der Waals surface area contributed by atoms with E-state index in [1.54, 1.807) is 6.92 Å². The van der Waals surface area contributed by atoms with E-state index < -0.39 is 12.1 Å². The van der Waals surface area contributed by atoms with Crippen LogP contribution in [0.1, 0.15) is 46.7 Å². The highest BCUT2D eigenvalue weighted by molar-refractivity contribution is 7.17. The van der Waals surface area contributed by atoms with Crippen LogP contribution in [-0.2, 0) is 20.7 Å². The molecule has 1 aromatic heterocycles. The lowest BCUT2D eigenvalue weighted by atomic mass is 9.93. The van der Waals surface area contributed by atoms with Crippen molar-refractivity contribution >= 4 is 28.2 Å². The topological polar surface area (TPSA) is 88.1 Å². The Morgan fingerprint density at radius 3 is 2.88 bits per heavy atom. The van der Waals surface area contributed by atoms with Crippen LogP contribution in [-0.4, -0.2) is 61.3 Å². The van der Waals surface area contributed by atoms with E-state index in [0.29, 0.717) is 30.2 Å². The molecule has 1 amide bonds. The second-order valence-corrected chi connectivity index (χ2v) is 7.27. The lowest BCUT2D eigenvalue weighted by Crippen LogP contribution is -2.41. The van der Waals surface area contributed by atoms with Gasteiger partial charge in [0, 0.05) is 18.0 Å². The van der Waals surface area contributed by atoms with Crippen molar-refractivity contribution < 1.29 is 24.2 Å². The molecule has 0 saturated carbocycles. The Morgan fingerprint density at radius 1 is 1.40 bits per heavy atom. The summed E-state index contributed by atoms with van der Waals surface area (Å²) in [5, 5.41) is 13.6. The van der Waals surface area contributed by atoms with Crippen molar-refractivity contribution in [2.45, 2.75) is 32.3 Å². The zero-order valence-electron chi connectivity index (χ0n) is 14.4. The molecule has 0 aromatic carbocycles. The number of aliphatic hydroxyl groups excluding tert-OH is 1. The molecule has 1 atom stereocenters. The molecule has 8 heteroatoms. The van der Waals surface area contributed by atoms with Crippen molar-refractivity contribution in [3.63, 3.8) is 0 Å². The third-order valence-electron chi connectivity index (χ3n) is 4.45. The van der Waals surface area contributed by atoms with Gasteiger partial charge in [0.05, 0.1) is 38.0 Å². The average molecular weight is 368 g/mol. The van der Waals surface area contributed by atoms with Gasteiger partial charge in [0.15, 0.2) is 0 Å². The Kier molecular flexibility index (Phi) is 6.06. The summed E-state index contributed by atoms with van der Waals surface area (Å²) in [5.41, 5.74) is 1.24. The molecule has 0 unspecified atom stereocenters. The summed E-state index contributed by atoms with van der Waals surface area (Å²) in [6.07, 6.45) is 1.64. The summed E-state index contributed by atoms with van der Waals surface area (Å²) in [4.78, 5) is 27.6. The Hall–Kier alpha value is -1.48. The molecule has 7 nitrogen and oxygen atoms in total. The lowest BCUT2D eigenvalue weighted by molar-refractivity contribution is -0.118. The van der Waals surface area contributed by atoms with Crippen molar-refractivity contribution in [3.8, 4) is 0 Å². The number of aliphatic hydroxyl groups is 1. The van der Waals surface area contributed by atoms with E-state index in [9.17, 15) is 14.7 Å². The van der Waals surface area contributed by atoms with Crippen molar-refractivity contribution in [1.82, 2.24) is 4.90 Å². The van der Waals surface area contributed by atoms with Crippen LogP contribution in [0.5, 0.6) is 0 Å². The number of thiophene rings is 1. The monoisotopic (exact) mass is 368 g/mol. The van der Waals surface area contributed by atoms with Gasteiger partial charge in [-0.15, -0.1) is 11.3 Å². The smallest absolute Gasteiger partial charge is 0.341 e. The van der Waals surface area contributed by atoms with E-state index in [2.05, 4.69) is 5.32 Å². The minimum Gasteiger partial charge on any atom is -0.462 e. The molecule has 1 aliphatic heterocycles. The average Bonchev–Trinajstić information content (AvgIpc) is 2.95. The Labute approximate surface area is 150 Å². The molecule has 0 radical (unpaired) electrons. The van der Waals surface area contributed by atoms with E-state index in [4.69, 9.17) is 9.47 Å². The number of hydrogen-bond acceptors (Lipinski definition) is 7. The molecule has 2 N–H and O–H groups in total. The summed E-state index contributed by atoms with van der Waals surface area (Å²) in [6.45, 7) is 4.98. The molecular formula is C17H24N2O5S. The fourth-order valence-corrected chi connectivity index (χ4v) is 4.51. The first-order valence-electron chi connectivity index (χ1n) is 8.70. The highest BCUT2D eigenvalue weighted by Gasteiger charge is 2.31. The van der Waals surface area contributed by atoms with Crippen LogP contribution in [0.3, 0.4) is 0 Å². The van der Waals surface area contributed by atoms with Gasteiger partial charge < -0.3 is 19.9 Å². The molecule has 138 valence electrons. The number of hydrogen-bond donors (Lipinski definition) is 2. The van der Waals surface area contributed by atoms with Gasteiger partial charge in [-0.25, -0.2) is 4.79 Å². The van der Waals surface area contributed by atoms with Gasteiger partial charge in [0.1, 0.15) is 5.00 Å². The molecule has 0 bridgehead atoms. The van der Waals surface area contributed by atoms with Gasteiger partial charge in [-0.3, -0.25) is 9.69 Å². The zero-order chi connectivity index (χ0) is 17.8. The van der Waals surface area contributed by atoms with Crippen LogP contribution in [0.25, 0.3) is 0 Å². The molecule has 2 heterocycles. The number of esters is 1. The van der Waals surface area contributed by atoms with E-state index in [1.807, 2.05) is 4.90 Å². The van der Waals surface area contributed by atoms with E-state index >= 15 is 0 Å². The number of fused-ring (bicyclic) bond motifs is 1. The summed E-state index contributed by atoms with van der Waals surface area (Å²) in [5.74, 6) is -0.601. The fourth-order valence-electron chi connectivity index (χ4n) is 3.24. The van der Waals surface area contributed by atoms with Crippen molar-refractivity contribution in [2.75, 3.05) is 44.8 Å². The van der Waals surface area contributed by atoms with Gasteiger partial charge in [0.25, 0.3) is 0 Å². The minimum atomic E-state index is -0.577. The van der Waals surface area contributed by atoms with Crippen molar-refractivity contribution in [3.05, 3.63) is 16.0 Å². The van der Waals surface area contributed by atoms with E-state index in [-0.39, 0.29) is 19.1 Å². The predicted molar refractivity (Wildman–Crippen MR) is 94.1 cm³/mol. The number of rotatable bonds is 5. The maximum atomic E-state index is 12.4. The predicted octanol–water partition coefficient (Wildman–Crippen LogP) is 1.57. The van der Waals surface area contributed by atoms with E-state index in [0.717, 1.165) is 36.4 Å². The molecule has 3 rings (SSSR count). The number of morpholine rings is 1. The molecule has 1 saturated heterocycles. The number of carbonyl (C=O) groups excluding carboxylic acids is 2. The Balaban J connectivity index is 1.79. The highest BCUT2D eigenvalue weighted by atomic mass is 32.1. The van der Waals surface area contributed by atoms with Gasteiger partial charge >= 0.3 is 5.97 Å². The first-order chi connectivity index (χ1) is 12.1. The first-order valence-corrected chi connectivity index (χ1v) is 9.52. The maximum absolute atomic E-state index is 12.4. The third kappa shape index (κ3) is 4.20. The van der Waals surface area contributed by atoms with Crippen molar-refractivity contribution in [2.24, 2.45) is 0 Å². The number of anilines is 1. The molecule has 1 fully saturated rings. The SMILES string of the molecule is CCOC(=O)c1c(NC(=O)CN2CCOCC2)sc2c1CCC[C@H]2O. The Bertz CT molecular complexity index is 639.